The van der Waals surface area contributed by atoms with Gasteiger partial charge in [-0.15, -0.1) is 0 Å². The summed E-state index contributed by atoms with van der Waals surface area (Å²) in [5.74, 6) is -1.63. The first kappa shape index (κ1) is 17.7. The Morgan fingerprint density at radius 3 is 2.27 bits per heavy atom. The quantitative estimate of drug-likeness (QED) is 0.641. The molecule has 3 amide bonds. The second-order valence-corrected chi connectivity index (χ2v) is 5.36. The van der Waals surface area contributed by atoms with Crippen LogP contribution in [0.25, 0.3) is 0 Å². The van der Waals surface area contributed by atoms with Gasteiger partial charge in [0.15, 0.2) is 0 Å². The van der Waals surface area contributed by atoms with Crippen molar-refractivity contribution in [1.29, 1.82) is 0 Å². The number of benzene rings is 1. The van der Waals surface area contributed by atoms with Crippen LogP contribution in [0.5, 0.6) is 0 Å². The third kappa shape index (κ3) is 5.55. The van der Waals surface area contributed by atoms with Gasteiger partial charge in [-0.3, -0.25) is 19.8 Å². The van der Waals surface area contributed by atoms with Crippen LogP contribution in [0.4, 0.5) is 5.69 Å². The number of carbonyl (C=O) groups is 3. The third-order valence-electron chi connectivity index (χ3n) is 2.82. The van der Waals surface area contributed by atoms with E-state index in [0.717, 1.165) is 5.01 Å². The van der Waals surface area contributed by atoms with Gasteiger partial charge in [-0.2, -0.15) is 0 Å². The highest BCUT2D eigenvalue weighted by atomic mass is 16.2. The van der Waals surface area contributed by atoms with E-state index in [4.69, 9.17) is 0 Å². The van der Waals surface area contributed by atoms with Gasteiger partial charge in [-0.05, 0) is 24.5 Å². The normalized spacial score (nSPS) is 10.2. The summed E-state index contributed by atoms with van der Waals surface area (Å²) in [6.45, 7) is 6.14. The highest BCUT2D eigenvalue weighted by Crippen LogP contribution is 2.12. The predicted octanol–water partition coefficient (Wildman–Crippen LogP) is 1.62. The molecule has 0 saturated heterocycles. The minimum atomic E-state index is -0.853. The summed E-state index contributed by atoms with van der Waals surface area (Å²) in [5, 5.41) is 3.65. The van der Waals surface area contributed by atoms with E-state index in [0.29, 0.717) is 18.7 Å². The second-order valence-electron chi connectivity index (χ2n) is 5.36. The largest absolute Gasteiger partial charge is 0.348 e. The van der Waals surface area contributed by atoms with Gasteiger partial charge in [0.05, 0.1) is 5.69 Å². The molecule has 0 unspecified atom stereocenters. The molecule has 6 heteroatoms. The van der Waals surface area contributed by atoms with Crippen LogP contribution in [0.3, 0.4) is 0 Å². The van der Waals surface area contributed by atoms with Crippen molar-refractivity contribution in [2.45, 2.75) is 33.6 Å². The van der Waals surface area contributed by atoms with Gasteiger partial charge in [0.2, 0.25) is 5.91 Å². The molecule has 22 heavy (non-hydrogen) atoms. The van der Waals surface area contributed by atoms with E-state index in [1.807, 2.05) is 26.8 Å². The van der Waals surface area contributed by atoms with E-state index >= 15 is 0 Å². The molecule has 1 aromatic rings. The number of carbonyl (C=O) groups excluding carboxylic acids is 3. The molecule has 0 atom stereocenters. The van der Waals surface area contributed by atoms with Crippen LogP contribution in [0.2, 0.25) is 0 Å². The molecule has 0 spiro atoms. The van der Waals surface area contributed by atoms with Gasteiger partial charge >= 0.3 is 11.8 Å². The Balaban J connectivity index is 2.78. The van der Waals surface area contributed by atoms with E-state index in [1.165, 1.54) is 0 Å². The number of rotatable bonds is 5. The molecule has 1 rings (SSSR count). The number of anilines is 1. The van der Waals surface area contributed by atoms with Crippen LogP contribution in [0.1, 0.15) is 33.6 Å². The van der Waals surface area contributed by atoms with E-state index in [-0.39, 0.29) is 18.2 Å². The third-order valence-corrected chi connectivity index (χ3v) is 2.82. The Kier molecular flexibility index (Phi) is 7.08. The zero-order valence-corrected chi connectivity index (χ0v) is 13.3. The number of hydrazine groups is 1. The predicted molar refractivity (Wildman–Crippen MR) is 84.8 cm³/mol. The van der Waals surface area contributed by atoms with E-state index in [9.17, 15) is 14.4 Å². The van der Waals surface area contributed by atoms with Crippen molar-refractivity contribution >= 4 is 23.4 Å². The van der Waals surface area contributed by atoms with Gasteiger partial charge in [0.25, 0.3) is 0 Å². The fourth-order valence-corrected chi connectivity index (χ4v) is 1.70. The van der Waals surface area contributed by atoms with Gasteiger partial charge in [-0.1, -0.05) is 39.0 Å². The summed E-state index contributed by atoms with van der Waals surface area (Å²) in [5.41, 5.74) is 2.89. The molecule has 0 aromatic heterocycles. The fraction of sp³-hybridized carbons (Fsp3) is 0.438. The van der Waals surface area contributed by atoms with Crippen molar-refractivity contribution in [2.24, 2.45) is 5.92 Å². The lowest BCUT2D eigenvalue weighted by atomic mass is 10.2. The van der Waals surface area contributed by atoms with Crippen molar-refractivity contribution in [2.75, 3.05) is 11.6 Å². The molecule has 1 aromatic carbocycles. The van der Waals surface area contributed by atoms with E-state index in [1.54, 1.807) is 24.3 Å². The zero-order chi connectivity index (χ0) is 16.5. The smallest absolute Gasteiger partial charge is 0.328 e. The van der Waals surface area contributed by atoms with Crippen molar-refractivity contribution < 1.29 is 14.4 Å². The van der Waals surface area contributed by atoms with Crippen LogP contribution in [-0.4, -0.2) is 24.3 Å². The molecular weight excluding hydrogens is 282 g/mol. The van der Waals surface area contributed by atoms with Crippen molar-refractivity contribution in [3.63, 3.8) is 0 Å². The lowest BCUT2D eigenvalue weighted by Gasteiger charge is -2.23. The minimum absolute atomic E-state index is 0.240. The summed E-state index contributed by atoms with van der Waals surface area (Å²) in [4.78, 5) is 35.8. The highest BCUT2D eigenvalue weighted by molar-refractivity contribution is 6.35. The first-order chi connectivity index (χ1) is 10.5. The Bertz CT molecular complexity index is 515. The lowest BCUT2D eigenvalue weighted by Crippen LogP contribution is -2.52. The van der Waals surface area contributed by atoms with Crippen molar-refractivity contribution in [3.8, 4) is 0 Å². The molecule has 6 nitrogen and oxygen atoms in total. The number of amides is 3. The molecule has 0 bridgehead atoms. The maximum Gasteiger partial charge on any atom is 0.328 e. The molecule has 0 aliphatic heterocycles. The van der Waals surface area contributed by atoms with Crippen molar-refractivity contribution in [3.05, 3.63) is 30.3 Å². The first-order valence-corrected chi connectivity index (χ1v) is 7.42. The number of nitrogens with zero attached hydrogens (tertiary/aromatic N) is 1. The Labute approximate surface area is 130 Å². The number of nitrogens with one attached hydrogen (secondary N) is 2. The summed E-state index contributed by atoms with van der Waals surface area (Å²) in [6, 6.07) is 8.71. The molecule has 0 saturated carbocycles. The summed E-state index contributed by atoms with van der Waals surface area (Å²) in [7, 11) is 0. The van der Waals surface area contributed by atoms with E-state index in [2.05, 4.69) is 10.7 Å². The van der Waals surface area contributed by atoms with E-state index < -0.39 is 11.8 Å². The van der Waals surface area contributed by atoms with Crippen LogP contribution in [0, 0.1) is 5.92 Å². The van der Waals surface area contributed by atoms with Crippen LogP contribution >= 0.6 is 0 Å². The standard InChI is InChI=1S/C16H23N3O3/c1-4-8-14(20)19(13-9-6-5-7-10-13)18-16(22)15(21)17-11-12(2)3/h5-7,9-10,12H,4,8,11H2,1-3H3,(H,17,21)(H,18,22). The van der Waals surface area contributed by atoms with Gasteiger partial charge in [0, 0.05) is 13.0 Å². The molecule has 2 N–H and O–H groups in total. The topological polar surface area (TPSA) is 78.5 Å². The van der Waals surface area contributed by atoms with Gasteiger partial charge in [-0.25, -0.2) is 5.01 Å². The highest BCUT2D eigenvalue weighted by Gasteiger charge is 2.21. The fourth-order valence-electron chi connectivity index (χ4n) is 1.70. The maximum absolute atomic E-state index is 12.1. The maximum atomic E-state index is 12.1. The molecule has 0 aliphatic rings. The second kappa shape index (κ2) is 8.81. The van der Waals surface area contributed by atoms with Crippen molar-refractivity contribution in [1.82, 2.24) is 10.7 Å². The molecule has 0 radical (unpaired) electrons. The molecule has 0 heterocycles. The SMILES string of the molecule is CCCC(=O)N(NC(=O)C(=O)NCC(C)C)c1ccccc1. The summed E-state index contributed by atoms with van der Waals surface area (Å²) in [6.07, 6.45) is 0.931. The Hall–Kier alpha value is -2.37. The minimum Gasteiger partial charge on any atom is -0.348 e. The average Bonchev–Trinajstić information content (AvgIpc) is 2.50. The van der Waals surface area contributed by atoms with Gasteiger partial charge in [0.1, 0.15) is 0 Å². The van der Waals surface area contributed by atoms with Crippen LogP contribution in [-0.2, 0) is 14.4 Å². The molecule has 0 fully saturated rings. The van der Waals surface area contributed by atoms with Crippen LogP contribution in [0.15, 0.2) is 30.3 Å². The first-order valence-electron chi connectivity index (χ1n) is 7.42. The number of hydrogen-bond donors (Lipinski definition) is 2. The molecular formula is C16H23N3O3. The molecule has 0 aliphatic carbocycles. The van der Waals surface area contributed by atoms with Gasteiger partial charge < -0.3 is 5.32 Å². The zero-order valence-electron chi connectivity index (χ0n) is 13.3. The Morgan fingerprint density at radius 1 is 1.09 bits per heavy atom. The summed E-state index contributed by atoms with van der Waals surface area (Å²) < 4.78 is 0. The number of para-hydroxylation sites is 1. The summed E-state index contributed by atoms with van der Waals surface area (Å²) >= 11 is 0. The number of hydrogen-bond acceptors (Lipinski definition) is 3. The lowest BCUT2D eigenvalue weighted by molar-refractivity contribution is -0.140. The van der Waals surface area contributed by atoms with Crippen LogP contribution < -0.4 is 15.8 Å². The monoisotopic (exact) mass is 305 g/mol. The Morgan fingerprint density at radius 2 is 1.73 bits per heavy atom. The molecule has 120 valence electrons. The average molecular weight is 305 g/mol.